The van der Waals surface area contributed by atoms with E-state index in [9.17, 15) is 0 Å². The zero-order valence-corrected chi connectivity index (χ0v) is 8.36. The van der Waals surface area contributed by atoms with Crippen LogP contribution in [-0.2, 0) is 6.42 Å². The minimum Gasteiger partial charge on any atom is -0.319 e. The molecule has 0 aliphatic carbocycles. The van der Waals surface area contributed by atoms with Crippen LogP contribution in [0, 0.1) is 6.92 Å². The second-order valence-electron chi connectivity index (χ2n) is 3.22. The van der Waals surface area contributed by atoms with E-state index < -0.39 is 0 Å². The van der Waals surface area contributed by atoms with Crippen LogP contribution in [0.4, 0.5) is 0 Å². The van der Waals surface area contributed by atoms with E-state index in [1.165, 1.54) is 0 Å². The monoisotopic (exact) mass is 191 g/mol. The van der Waals surface area contributed by atoms with E-state index in [0.717, 1.165) is 24.4 Å². The van der Waals surface area contributed by atoms with Gasteiger partial charge in [0.15, 0.2) is 0 Å². The zero-order valence-electron chi connectivity index (χ0n) is 8.36. The van der Waals surface area contributed by atoms with Gasteiger partial charge in [0.05, 0.1) is 0 Å². The van der Waals surface area contributed by atoms with Crippen LogP contribution in [0.1, 0.15) is 11.4 Å². The van der Waals surface area contributed by atoms with Gasteiger partial charge in [-0.05, 0) is 32.5 Å². The maximum atomic E-state index is 4.22. The van der Waals surface area contributed by atoms with Gasteiger partial charge in [0, 0.05) is 12.4 Å². The lowest BCUT2D eigenvalue weighted by Crippen LogP contribution is -2.11. The third kappa shape index (κ3) is 1.72. The van der Waals surface area contributed by atoms with Gasteiger partial charge in [-0.15, -0.1) is 0 Å². The highest BCUT2D eigenvalue weighted by Gasteiger charge is 2.01. The largest absolute Gasteiger partial charge is 0.319 e. The molecule has 0 fully saturated rings. The summed E-state index contributed by atoms with van der Waals surface area (Å²) in [7, 11) is 1.94. The number of nitrogens with zero attached hydrogens (tertiary/aromatic N) is 4. The van der Waals surface area contributed by atoms with Gasteiger partial charge in [-0.2, -0.15) is 10.1 Å². The summed E-state index contributed by atoms with van der Waals surface area (Å²) in [6.07, 6.45) is 4.78. The third-order valence-electron chi connectivity index (χ3n) is 2.02. The fourth-order valence-corrected chi connectivity index (χ4v) is 1.32. The second kappa shape index (κ2) is 3.71. The fourth-order valence-electron chi connectivity index (χ4n) is 1.32. The van der Waals surface area contributed by atoms with Gasteiger partial charge in [-0.25, -0.2) is 9.50 Å². The van der Waals surface area contributed by atoms with Crippen LogP contribution in [0.2, 0.25) is 0 Å². The number of nitrogens with one attached hydrogen (secondary N) is 1. The topological polar surface area (TPSA) is 55.1 Å². The maximum absolute atomic E-state index is 4.22. The lowest BCUT2D eigenvalue weighted by Gasteiger charge is -1.99. The number of fused-ring (bicyclic) bond motifs is 1. The predicted molar refractivity (Wildman–Crippen MR) is 53.1 cm³/mol. The van der Waals surface area contributed by atoms with Crippen molar-refractivity contribution in [3.63, 3.8) is 0 Å². The Bertz CT molecular complexity index is 434. The van der Waals surface area contributed by atoms with Gasteiger partial charge in [0.25, 0.3) is 5.78 Å². The molecule has 0 amide bonds. The predicted octanol–water partition coefficient (Wildman–Crippen LogP) is 0.195. The Balaban J connectivity index is 2.31. The number of aromatic nitrogens is 4. The minimum absolute atomic E-state index is 0.663. The average molecular weight is 191 g/mol. The van der Waals surface area contributed by atoms with Crippen LogP contribution < -0.4 is 5.32 Å². The molecule has 74 valence electrons. The van der Waals surface area contributed by atoms with Gasteiger partial charge in [0.1, 0.15) is 5.82 Å². The molecule has 2 rings (SSSR count). The summed E-state index contributed by atoms with van der Waals surface area (Å²) in [5, 5.41) is 7.30. The Morgan fingerprint density at radius 3 is 3.14 bits per heavy atom. The van der Waals surface area contributed by atoms with Crippen LogP contribution in [0.25, 0.3) is 5.78 Å². The maximum Gasteiger partial charge on any atom is 0.252 e. The lowest BCUT2D eigenvalue weighted by molar-refractivity contribution is 0.778. The van der Waals surface area contributed by atoms with Crippen molar-refractivity contribution >= 4 is 5.78 Å². The van der Waals surface area contributed by atoms with Gasteiger partial charge in [0.2, 0.25) is 0 Å². The summed E-state index contributed by atoms with van der Waals surface area (Å²) in [4.78, 5) is 8.38. The van der Waals surface area contributed by atoms with Gasteiger partial charge in [-0.3, -0.25) is 0 Å². The lowest BCUT2D eigenvalue weighted by atomic mass is 10.2. The molecule has 0 saturated heterocycles. The molecule has 0 atom stereocenters. The van der Waals surface area contributed by atoms with Gasteiger partial charge in [-0.1, -0.05) is 0 Å². The third-order valence-corrected chi connectivity index (χ3v) is 2.02. The fraction of sp³-hybridized carbons (Fsp3) is 0.444. The minimum atomic E-state index is 0.663. The number of aryl methyl sites for hydroxylation is 1. The Hall–Kier alpha value is -1.49. The van der Waals surface area contributed by atoms with Crippen molar-refractivity contribution in [2.75, 3.05) is 13.6 Å². The molecule has 0 radical (unpaired) electrons. The molecule has 0 unspecified atom stereocenters. The molecule has 0 bridgehead atoms. The summed E-state index contributed by atoms with van der Waals surface area (Å²) >= 11 is 0. The summed E-state index contributed by atoms with van der Waals surface area (Å²) in [6, 6.07) is 0. The Morgan fingerprint density at radius 1 is 1.50 bits per heavy atom. The second-order valence-corrected chi connectivity index (χ2v) is 3.22. The molecule has 14 heavy (non-hydrogen) atoms. The molecule has 0 aliphatic rings. The van der Waals surface area contributed by atoms with E-state index in [4.69, 9.17) is 0 Å². The van der Waals surface area contributed by atoms with E-state index in [1.807, 2.05) is 26.4 Å². The first-order valence-corrected chi connectivity index (χ1v) is 4.62. The SMILES string of the molecule is CNCCc1cnc2nc(C)nn2c1. The Kier molecular flexibility index (Phi) is 2.41. The molecule has 0 saturated carbocycles. The highest BCUT2D eigenvalue weighted by Crippen LogP contribution is 2.01. The number of hydrogen-bond donors (Lipinski definition) is 1. The molecule has 5 heteroatoms. The van der Waals surface area contributed by atoms with E-state index in [2.05, 4.69) is 20.4 Å². The molecule has 1 N–H and O–H groups in total. The van der Waals surface area contributed by atoms with Crippen LogP contribution >= 0.6 is 0 Å². The van der Waals surface area contributed by atoms with E-state index in [1.54, 1.807) is 4.52 Å². The number of hydrogen-bond acceptors (Lipinski definition) is 4. The highest BCUT2D eigenvalue weighted by atomic mass is 15.3. The van der Waals surface area contributed by atoms with Crippen LogP contribution in [0.15, 0.2) is 12.4 Å². The first-order chi connectivity index (χ1) is 6.79. The zero-order chi connectivity index (χ0) is 9.97. The average Bonchev–Trinajstić information content (AvgIpc) is 2.54. The van der Waals surface area contributed by atoms with Crippen molar-refractivity contribution in [3.8, 4) is 0 Å². The normalized spacial score (nSPS) is 11.0. The van der Waals surface area contributed by atoms with E-state index in [0.29, 0.717) is 5.78 Å². The van der Waals surface area contributed by atoms with E-state index in [-0.39, 0.29) is 0 Å². The summed E-state index contributed by atoms with van der Waals surface area (Å²) in [5.74, 6) is 1.42. The van der Waals surface area contributed by atoms with Crippen molar-refractivity contribution in [1.29, 1.82) is 0 Å². The standard InChI is InChI=1S/C9H13N5/c1-7-12-9-11-5-8(3-4-10-2)6-14(9)13-7/h5-6,10H,3-4H2,1-2H3. The summed E-state index contributed by atoms with van der Waals surface area (Å²) < 4.78 is 1.72. The molecule has 2 aromatic rings. The van der Waals surface area contributed by atoms with Crippen molar-refractivity contribution in [1.82, 2.24) is 24.9 Å². The van der Waals surface area contributed by atoms with Crippen LogP contribution in [0.5, 0.6) is 0 Å². The van der Waals surface area contributed by atoms with Crippen LogP contribution in [0.3, 0.4) is 0 Å². The molecular formula is C9H13N5. The molecule has 2 heterocycles. The van der Waals surface area contributed by atoms with Crippen LogP contribution in [-0.4, -0.2) is 33.2 Å². The van der Waals surface area contributed by atoms with Crippen molar-refractivity contribution in [2.24, 2.45) is 0 Å². The Labute approximate surface area is 82.2 Å². The number of rotatable bonds is 3. The highest BCUT2D eigenvalue weighted by molar-refractivity contribution is 5.27. The summed E-state index contributed by atoms with van der Waals surface area (Å²) in [5.41, 5.74) is 1.16. The molecule has 0 spiro atoms. The summed E-state index contributed by atoms with van der Waals surface area (Å²) in [6.45, 7) is 2.81. The molecule has 5 nitrogen and oxygen atoms in total. The van der Waals surface area contributed by atoms with Crippen molar-refractivity contribution in [2.45, 2.75) is 13.3 Å². The molecule has 0 aromatic carbocycles. The van der Waals surface area contributed by atoms with Crippen molar-refractivity contribution < 1.29 is 0 Å². The quantitative estimate of drug-likeness (QED) is 0.752. The van der Waals surface area contributed by atoms with Crippen molar-refractivity contribution in [3.05, 3.63) is 23.8 Å². The van der Waals surface area contributed by atoms with Gasteiger partial charge < -0.3 is 5.32 Å². The van der Waals surface area contributed by atoms with Gasteiger partial charge >= 0.3 is 0 Å². The Morgan fingerprint density at radius 2 is 2.36 bits per heavy atom. The molecule has 0 aliphatic heterocycles. The first-order valence-electron chi connectivity index (χ1n) is 4.62. The smallest absolute Gasteiger partial charge is 0.252 e. The molecule has 2 aromatic heterocycles. The molecular weight excluding hydrogens is 178 g/mol. The van der Waals surface area contributed by atoms with E-state index >= 15 is 0 Å². The number of likely N-dealkylation sites (N-methyl/N-ethyl adjacent to an activating group) is 1. The first kappa shape index (κ1) is 9.08.